The molecule has 0 saturated heterocycles. The van der Waals surface area contributed by atoms with Crippen molar-refractivity contribution in [1.82, 2.24) is 0 Å². The number of hydrogen-bond donors (Lipinski definition) is 0. The van der Waals surface area contributed by atoms with Gasteiger partial charge in [-0.25, -0.2) is 8.78 Å². The molecule has 0 atom stereocenters. The molecule has 2 rings (SSSR count). The molecular weight excluding hydrogens is 254 g/mol. The highest BCUT2D eigenvalue weighted by atomic mass is 19.3. The highest BCUT2D eigenvalue weighted by Gasteiger charge is 2.19. The number of fused-ring (bicyclic) bond motifs is 1. The van der Waals surface area contributed by atoms with Crippen molar-refractivity contribution in [1.29, 1.82) is 0 Å². The summed E-state index contributed by atoms with van der Waals surface area (Å²) >= 11 is 0. The van der Waals surface area contributed by atoms with Crippen molar-refractivity contribution < 1.29 is 8.78 Å². The highest BCUT2D eigenvalue weighted by Crippen LogP contribution is 2.21. The van der Waals surface area contributed by atoms with Gasteiger partial charge in [0.25, 0.3) is 0 Å². The van der Waals surface area contributed by atoms with Crippen LogP contribution in [0.5, 0.6) is 0 Å². The Morgan fingerprint density at radius 3 is 2.30 bits per heavy atom. The minimum absolute atomic E-state index is 0.0168. The lowest BCUT2D eigenvalue weighted by Crippen LogP contribution is -2.08. The molecule has 0 heterocycles. The number of rotatable bonds is 7. The van der Waals surface area contributed by atoms with E-state index in [0.29, 0.717) is 6.42 Å². The van der Waals surface area contributed by atoms with Crippen LogP contribution in [-0.2, 0) is 6.42 Å². The topological polar surface area (TPSA) is 0 Å². The standard InChI is InChI=1S/C18H22F2/c1-18(19,20)13-7-3-2-4-8-15-11-12-16-9-5-6-10-17(16)14-15/h5-6,9-12,14H,2-4,7-8,13H2,1H3. The summed E-state index contributed by atoms with van der Waals surface area (Å²) in [5, 5.41) is 2.54. The van der Waals surface area contributed by atoms with Crippen LogP contribution >= 0.6 is 0 Å². The molecule has 0 N–H and O–H groups in total. The van der Waals surface area contributed by atoms with Gasteiger partial charge in [0.1, 0.15) is 0 Å². The Kier molecular flexibility index (Phi) is 5.11. The molecule has 108 valence electrons. The third-order valence-corrected chi connectivity index (χ3v) is 3.65. The maximum atomic E-state index is 12.6. The van der Waals surface area contributed by atoms with Gasteiger partial charge in [-0.1, -0.05) is 55.3 Å². The maximum Gasteiger partial charge on any atom is 0.245 e. The first kappa shape index (κ1) is 15.0. The molecule has 0 radical (unpaired) electrons. The van der Waals surface area contributed by atoms with E-state index >= 15 is 0 Å². The van der Waals surface area contributed by atoms with Crippen LogP contribution in [0.4, 0.5) is 8.78 Å². The minimum Gasteiger partial charge on any atom is -0.207 e. The quantitative estimate of drug-likeness (QED) is 0.545. The van der Waals surface area contributed by atoms with E-state index in [1.807, 2.05) is 6.07 Å². The van der Waals surface area contributed by atoms with E-state index in [1.54, 1.807) is 0 Å². The van der Waals surface area contributed by atoms with Crippen molar-refractivity contribution in [3.8, 4) is 0 Å². The summed E-state index contributed by atoms with van der Waals surface area (Å²) in [5.41, 5.74) is 1.34. The zero-order chi connectivity index (χ0) is 14.4. The average Bonchev–Trinajstić information content (AvgIpc) is 2.41. The van der Waals surface area contributed by atoms with Crippen LogP contribution in [0, 0.1) is 0 Å². The molecule has 2 aromatic carbocycles. The largest absolute Gasteiger partial charge is 0.245 e. The Labute approximate surface area is 119 Å². The summed E-state index contributed by atoms with van der Waals surface area (Å²) in [4.78, 5) is 0. The fraction of sp³-hybridized carbons (Fsp3) is 0.444. The van der Waals surface area contributed by atoms with E-state index in [-0.39, 0.29) is 6.42 Å². The normalized spacial score (nSPS) is 11.9. The van der Waals surface area contributed by atoms with Crippen molar-refractivity contribution in [2.45, 2.75) is 51.4 Å². The van der Waals surface area contributed by atoms with Crippen LogP contribution in [0.3, 0.4) is 0 Å². The first-order chi connectivity index (χ1) is 9.54. The molecule has 0 aliphatic carbocycles. The molecule has 0 nitrogen and oxygen atoms in total. The van der Waals surface area contributed by atoms with Gasteiger partial charge in [-0.15, -0.1) is 0 Å². The van der Waals surface area contributed by atoms with Gasteiger partial charge in [-0.3, -0.25) is 0 Å². The van der Waals surface area contributed by atoms with Crippen LogP contribution in [0.1, 0.15) is 44.6 Å². The van der Waals surface area contributed by atoms with Gasteiger partial charge in [0.2, 0.25) is 5.92 Å². The minimum atomic E-state index is -2.50. The van der Waals surface area contributed by atoms with Crippen LogP contribution in [0.15, 0.2) is 42.5 Å². The molecule has 0 aliphatic heterocycles. The van der Waals surface area contributed by atoms with Gasteiger partial charge in [-0.2, -0.15) is 0 Å². The lowest BCUT2D eigenvalue weighted by atomic mass is 10.0. The summed E-state index contributed by atoms with van der Waals surface area (Å²) in [6, 6.07) is 14.9. The Bertz CT molecular complexity index is 540. The number of alkyl halides is 2. The molecule has 0 bridgehead atoms. The summed E-state index contributed by atoms with van der Waals surface area (Å²) in [6.07, 6.45) is 4.69. The molecule has 20 heavy (non-hydrogen) atoms. The zero-order valence-electron chi connectivity index (χ0n) is 12.0. The Hall–Kier alpha value is -1.44. The van der Waals surface area contributed by atoms with Crippen molar-refractivity contribution in [2.75, 3.05) is 0 Å². The van der Waals surface area contributed by atoms with Crippen molar-refractivity contribution in [2.24, 2.45) is 0 Å². The van der Waals surface area contributed by atoms with Gasteiger partial charge in [0.05, 0.1) is 0 Å². The van der Waals surface area contributed by atoms with Crippen LogP contribution in [0.25, 0.3) is 10.8 Å². The molecule has 2 aromatic rings. The lowest BCUT2D eigenvalue weighted by Gasteiger charge is -2.09. The molecule has 0 spiro atoms. The predicted octanol–water partition coefficient (Wildman–Crippen LogP) is 5.99. The van der Waals surface area contributed by atoms with E-state index in [0.717, 1.165) is 32.6 Å². The molecule has 0 unspecified atom stereocenters. The second kappa shape index (κ2) is 6.83. The number of aryl methyl sites for hydroxylation is 1. The zero-order valence-corrected chi connectivity index (χ0v) is 12.0. The third-order valence-electron chi connectivity index (χ3n) is 3.65. The van der Waals surface area contributed by atoms with E-state index in [9.17, 15) is 8.78 Å². The van der Waals surface area contributed by atoms with Crippen LogP contribution < -0.4 is 0 Å². The molecule has 0 saturated carbocycles. The van der Waals surface area contributed by atoms with Gasteiger partial charge in [0.15, 0.2) is 0 Å². The Morgan fingerprint density at radius 1 is 0.850 bits per heavy atom. The summed E-state index contributed by atoms with van der Waals surface area (Å²) in [6.45, 7) is 1.00. The first-order valence-corrected chi connectivity index (χ1v) is 7.40. The predicted molar refractivity (Wildman–Crippen MR) is 81.4 cm³/mol. The van der Waals surface area contributed by atoms with Crippen LogP contribution in [0.2, 0.25) is 0 Å². The maximum absolute atomic E-state index is 12.6. The SMILES string of the molecule is CC(F)(F)CCCCCCc1ccc2ccccc2c1. The average molecular weight is 276 g/mol. The Balaban J connectivity index is 1.73. The summed E-state index contributed by atoms with van der Waals surface area (Å²) in [5.74, 6) is -2.50. The van der Waals surface area contributed by atoms with E-state index in [4.69, 9.17) is 0 Å². The second-order valence-electron chi connectivity index (χ2n) is 5.67. The highest BCUT2D eigenvalue weighted by molar-refractivity contribution is 5.82. The van der Waals surface area contributed by atoms with Crippen molar-refractivity contribution in [3.05, 3.63) is 48.0 Å². The molecule has 0 aromatic heterocycles. The fourth-order valence-corrected chi connectivity index (χ4v) is 2.51. The number of hydrogen-bond acceptors (Lipinski definition) is 0. The van der Waals surface area contributed by atoms with E-state index in [2.05, 4.69) is 36.4 Å². The smallest absolute Gasteiger partial charge is 0.207 e. The van der Waals surface area contributed by atoms with Crippen molar-refractivity contribution in [3.63, 3.8) is 0 Å². The van der Waals surface area contributed by atoms with Gasteiger partial charge in [-0.05, 0) is 42.5 Å². The van der Waals surface area contributed by atoms with Crippen LogP contribution in [-0.4, -0.2) is 5.92 Å². The molecule has 0 amide bonds. The second-order valence-corrected chi connectivity index (χ2v) is 5.67. The number of halogens is 2. The van der Waals surface area contributed by atoms with Gasteiger partial charge in [0, 0.05) is 6.42 Å². The van der Waals surface area contributed by atoms with E-state index < -0.39 is 5.92 Å². The lowest BCUT2D eigenvalue weighted by molar-refractivity contribution is 0.0104. The Morgan fingerprint density at radius 2 is 1.55 bits per heavy atom. The molecule has 0 fully saturated rings. The monoisotopic (exact) mass is 276 g/mol. The van der Waals surface area contributed by atoms with Gasteiger partial charge < -0.3 is 0 Å². The number of unbranched alkanes of at least 4 members (excludes halogenated alkanes) is 3. The summed E-state index contributed by atoms with van der Waals surface area (Å²) < 4.78 is 25.3. The summed E-state index contributed by atoms with van der Waals surface area (Å²) in [7, 11) is 0. The van der Waals surface area contributed by atoms with E-state index in [1.165, 1.54) is 16.3 Å². The number of benzene rings is 2. The fourth-order valence-electron chi connectivity index (χ4n) is 2.51. The first-order valence-electron chi connectivity index (χ1n) is 7.40. The third kappa shape index (κ3) is 4.92. The molecule has 2 heteroatoms. The molecule has 0 aliphatic rings. The molecular formula is C18H22F2. The van der Waals surface area contributed by atoms with Crippen molar-refractivity contribution >= 4 is 10.8 Å². The van der Waals surface area contributed by atoms with Gasteiger partial charge >= 0.3 is 0 Å².